The quantitative estimate of drug-likeness (QED) is 0.225. The predicted octanol–water partition coefficient (Wildman–Crippen LogP) is 2.98. The maximum absolute atomic E-state index is 14.9. The maximum Gasteiger partial charge on any atom is 0.408 e. The first-order valence-electron chi connectivity index (χ1n) is 19.8. The van der Waals surface area contributed by atoms with E-state index in [1.54, 1.807) is 60.9 Å². The van der Waals surface area contributed by atoms with Crippen molar-refractivity contribution in [2.45, 2.75) is 121 Å². The molecule has 4 aliphatic rings. The number of nitrogens with zero attached hydrogens (tertiary/aromatic N) is 2. The number of rotatable bonds is 8. The predicted molar refractivity (Wildman–Crippen MR) is 215 cm³/mol. The Labute approximate surface area is 342 Å². The molecule has 4 bridgehead atoms. The highest BCUT2D eigenvalue weighted by Crippen LogP contribution is 2.45. The second-order valence-corrected chi connectivity index (χ2v) is 19.1. The topological polar surface area (TPSA) is 210 Å². The number of aryl methyl sites for hydroxylation is 1. The van der Waals surface area contributed by atoms with Crippen molar-refractivity contribution in [3.05, 3.63) is 42.6 Å². The van der Waals surface area contributed by atoms with Gasteiger partial charge in [0.05, 0.1) is 31.6 Å². The molecule has 5 amide bonds. The van der Waals surface area contributed by atoms with Crippen molar-refractivity contribution in [2.24, 2.45) is 11.3 Å². The SMILES string of the molecule is C=C[C@@H]1C[C@]1(NC(=O)[C@@H]1C[C@@H]2CN1C(=O)[C@H](C(C)(C)C)NC(=O)[C@@H](NC(=O)OC(C)(C)C)COCCCc1cc3c(nccc3cc1OC)O2)C(=O)N[S+]([O-])C1CC1. The molecule has 16 nitrogen and oxygen atoms in total. The number of carbonyl (C=O) groups excluding carboxylic acids is 5. The third-order valence-electron chi connectivity index (χ3n) is 10.8. The molecule has 0 spiro atoms. The first-order chi connectivity index (χ1) is 27.3. The molecule has 1 unspecified atom stereocenters. The minimum Gasteiger partial charge on any atom is -0.593 e. The van der Waals surface area contributed by atoms with Crippen molar-refractivity contribution in [3.63, 3.8) is 0 Å². The van der Waals surface area contributed by atoms with Crippen molar-refractivity contribution in [1.82, 2.24) is 30.6 Å². The molecule has 2 saturated carbocycles. The van der Waals surface area contributed by atoms with Gasteiger partial charge >= 0.3 is 6.09 Å². The van der Waals surface area contributed by atoms with Crippen LogP contribution in [0.2, 0.25) is 0 Å². The van der Waals surface area contributed by atoms with Gasteiger partial charge in [0.2, 0.25) is 23.6 Å². The van der Waals surface area contributed by atoms with E-state index in [1.165, 1.54) is 4.90 Å². The number of ether oxygens (including phenoxy) is 4. The van der Waals surface area contributed by atoms with E-state index in [4.69, 9.17) is 18.9 Å². The Morgan fingerprint density at radius 3 is 2.53 bits per heavy atom. The summed E-state index contributed by atoms with van der Waals surface area (Å²) in [6, 6.07) is 2.09. The van der Waals surface area contributed by atoms with E-state index in [-0.39, 0.29) is 37.9 Å². The largest absolute Gasteiger partial charge is 0.593 e. The normalized spacial score (nSPS) is 27.3. The zero-order valence-corrected chi connectivity index (χ0v) is 35.1. The molecular formula is C41H56N6O10S. The van der Waals surface area contributed by atoms with Crippen LogP contribution in [0.1, 0.15) is 79.2 Å². The summed E-state index contributed by atoms with van der Waals surface area (Å²) in [6.45, 7) is 14.2. The van der Waals surface area contributed by atoms with Crippen LogP contribution in [-0.4, -0.2) is 112 Å². The van der Waals surface area contributed by atoms with Crippen molar-refractivity contribution in [2.75, 3.05) is 26.9 Å². The van der Waals surface area contributed by atoms with E-state index < -0.39 is 87.8 Å². The third-order valence-corrected chi connectivity index (χ3v) is 12.2. The van der Waals surface area contributed by atoms with E-state index in [2.05, 4.69) is 32.2 Å². The Kier molecular flexibility index (Phi) is 12.5. The van der Waals surface area contributed by atoms with Crippen molar-refractivity contribution < 1.29 is 47.5 Å². The van der Waals surface area contributed by atoms with Gasteiger partial charge in [-0.05, 0) is 74.6 Å². The van der Waals surface area contributed by atoms with Crippen molar-refractivity contribution in [3.8, 4) is 11.6 Å². The van der Waals surface area contributed by atoms with Gasteiger partial charge in [-0.1, -0.05) is 26.8 Å². The maximum atomic E-state index is 14.9. The lowest BCUT2D eigenvalue weighted by Crippen LogP contribution is -2.62. The molecule has 3 fully saturated rings. The number of hydrogen-bond acceptors (Lipinski definition) is 11. The molecule has 4 N–H and O–H groups in total. The van der Waals surface area contributed by atoms with Crippen LogP contribution in [-0.2, 0) is 46.4 Å². The minimum atomic E-state index is -1.59. The van der Waals surface area contributed by atoms with Crippen LogP contribution < -0.4 is 30.1 Å². The van der Waals surface area contributed by atoms with Gasteiger partial charge in [-0.15, -0.1) is 6.58 Å². The zero-order valence-electron chi connectivity index (χ0n) is 34.3. The highest BCUT2D eigenvalue weighted by molar-refractivity contribution is 7.90. The summed E-state index contributed by atoms with van der Waals surface area (Å²) in [5, 5.41) is 9.75. The highest BCUT2D eigenvalue weighted by atomic mass is 32.2. The Morgan fingerprint density at radius 1 is 1.16 bits per heavy atom. The summed E-state index contributed by atoms with van der Waals surface area (Å²) in [4.78, 5) is 75.8. The summed E-state index contributed by atoms with van der Waals surface area (Å²) in [5.74, 6) is -1.91. The van der Waals surface area contributed by atoms with Crippen LogP contribution in [0.15, 0.2) is 37.1 Å². The van der Waals surface area contributed by atoms with E-state index in [0.29, 0.717) is 29.9 Å². The number of methoxy groups -OCH3 is 1. The fraction of sp³-hybridized carbons (Fsp3) is 0.610. The van der Waals surface area contributed by atoms with Gasteiger partial charge in [-0.25, -0.2) is 9.78 Å². The molecule has 0 radical (unpaired) electrons. The zero-order chi connectivity index (χ0) is 42.2. The van der Waals surface area contributed by atoms with Gasteiger partial charge in [0.25, 0.3) is 5.91 Å². The number of nitrogens with one attached hydrogen (secondary N) is 4. The molecule has 7 atom stereocenters. The standard InChI is InChI=1S/C41H56N6O10S/c1-9-25-20-41(25,37(51)46-58(53)27-12-13-27)45-34(49)30-19-26-21-47(30)36(50)32(39(2,3)4)44-33(48)29(43-38(52)57-40(5,6)7)22-55-16-10-11-24-17-28-23(18-31(24)54-8)14-15-42-35(28)56-26/h9,14-15,17-18,25-27,29-30,32H,1,10-13,16,19-22H2,2-8H3,(H,43,52)(H,44,48)(H,45,49)(H,46,51)/t25-,26-,29+,30+,32-,41-,58?/m1/s1. The third kappa shape index (κ3) is 9.80. The number of carbonyl (C=O) groups is 5. The van der Waals surface area contributed by atoms with E-state index in [0.717, 1.165) is 23.8 Å². The second kappa shape index (κ2) is 16.9. The second-order valence-electron chi connectivity index (χ2n) is 17.6. The molecule has 1 saturated heterocycles. The van der Waals surface area contributed by atoms with Crippen LogP contribution in [0, 0.1) is 11.3 Å². The molecule has 2 aliphatic heterocycles. The van der Waals surface area contributed by atoms with Crippen LogP contribution in [0.5, 0.6) is 11.6 Å². The number of pyridine rings is 1. The molecule has 6 rings (SSSR count). The Bertz CT molecular complexity index is 1930. The number of hydrogen-bond donors (Lipinski definition) is 4. The van der Waals surface area contributed by atoms with Crippen molar-refractivity contribution >= 4 is 51.9 Å². The molecule has 1 aromatic carbocycles. The number of aromatic nitrogens is 1. The Balaban J connectivity index is 1.36. The number of fused-ring (bicyclic) bond motifs is 3. The van der Waals surface area contributed by atoms with Crippen LogP contribution in [0.3, 0.4) is 0 Å². The fourth-order valence-corrected chi connectivity index (χ4v) is 8.47. The first-order valence-corrected chi connectivity index (χ1v) is 21.0. The van der Waals surface area contributed by atoms with E-state index in [1.807, 2.05) is 18.2 Å². The first kappa shape index (κ1) is 43.0. The summed E-state index contributed by atoms with van der Waals surface area (Å²) < 4.78 is 39.0. The average molecular weight is 825 g/mol. The lowest BCUT2D eigenvalue weighted by atomic mass is 9.85. The Hall–Kier alpha value is -4.61. The average Bonchev–Trinajstić information content (AvgIpc) is 4.07. The van der Waals surface area contributed by atoms with Gasteiger partial charge in [-0.3, -0.25) is 19.2 Å². The lowest BCUT2D eigenvalue weighted by Gasteiger charge is -2.36. The Morgan fingerprint density at radius 2 is 1.90 bits per heavy atom. The number of alkyl carbamates (subject to hydrolysis) is 1. The van der Waals surface area contributed by atoms with Crippen LogP contribution >= 0.6 is 0 Å². The number of benzene rings is 1. The fourth-order valence-electron chi connectivity index (χ4n) is 7.37. The smallest absolute Gasteiger partial charge is 0.408 e. The number of amides is 5. The summed E-state index contributed by atoms with van der Waals surface area (Å²) in [6.07, 6.45) is 4.47. The molecule has 2 aromatic rings. The van der Waals surface area contributed by atoms with E-state index in [9.17, 15) is 28.5 Å². The highest BCUT2D eigenvalue weighted by Gasteiger charge is 2.62. The van der Waals surface area contributed by atoms with Gasteiger partial charge in [0, 0.05) is 43.4 Å². The van der Waals surface area contributed by atoms with Gasteiger partial charge in [0.15, 0.2) is 0 Å². The van der Waals surface area contributed by atoms with Crippen LogP contribution in [0.25, 0.3) is 10.8 Å². The summed E-state index contributed by atoms with van der Waals surface area (Å²) >= 11 is -1.59. The van der Waals surface area contributed by atoms with Gasteiger partial charge in [0.1, 0.15) is 46.4 Å². The molecule has 3 heterocycles. The monoisotopic (exact) mass is 824 g/mol. The molecule has 1 aromatic heterocycles. The molecule has 17 heteroatoms. The van der Waals surface area contributed by atoms with E-state index >= 15 is 0 Å². The minimum absolute atomic E-state index is 0.0323. The van der Waals surface area contributed by atoms with Crippen LogP contribution in [0.4, 0.5) is 4.79 Å². The van der Waals surface area contributed by atoms with Gasteiger partial charge in [-0.2, -0.15) is 4.72 Å². The molecular weight excluding hydrogens is 769 g/mol. The summed E-state index contributed by atoms with van der Waals surface area (Å²) in [7, 11) is 1.59. The molecule has 316 valence electrons. The molecule has 58 heavy (non-hydrogen) atoms. The molecule has 2 aliphatic carbocycles. The summed E-state index contributed by atoms with van der Waals surface area (Å²) in [5.41, 5.74) is -2.28. The lowest BCUT2D eigenvalue weighted by molar-refractivity contribution is -0.145. The van der Waals surface area contributed by atoms with Crippen molar-refractivity contribution in [1.29, 1.82) is 0 Å². The van der Waals surface area contributed by atoms with Gasteiger partial charge < -0.3 is 44.4 Å².